The molecule has 1 spiro atoms. The Kier molecular flexibility index (Phi) is 6.45. The first kappa shape index (κ1) is 24.6. The number of hydrogen-bond acceptors (Lipinski definition) is 4. The first-order chi connectivity index (χ1) is 17.2. The van der Waals surface area contributed by atoms with Crippen LogP contribution in [0.3, 0.4) is 0 Å². The van der Waals surface area contributed by atoms with Crippen LogP contribution >= 0.6 is 11.6 Å². The highest BCUT2D eigenvalue weighted by atomic mass is 35.5. The van der Waals surface area contributed by atoms with Crippen LogP contribution in [-0.4, -0.2) is 41.8 Å². The Morgan fingerprint density at radius 3 is 2.61 bits per heavy atom. The van der Waals surface area contributed by atoms with E-state index >= 15 is 0 Å². The van der Waals surface area contributed by atoms with Gasteiger partial charge in [0.15, 0.2) is 0 Å². The van der Waals surface area contributed by atoms with Crippen LogP contribution in [0.2, 0.25) is 5.02 Å². The summed E-state index contributed by atoms with van der Waals surface area (Å²) in [7, 11) is 0. The largest absolute Gasteiger partial charge is 0.490 e. The predicted octanol–water partition coefficient (Wildman–Crippen LogP) is 4.52. The monoisotopic (exact) mass is 509 g/mol. The fourth-order valence-corrected chi connectivity index (χ4v) is 5.97. The van der Waals surface area contributed by atoms with Crippen LogP contribution in [0.1, 0.15) is 62.3 Å². The molecule has 3 aliphatic rings. The van der Waals surface area contributed by atoms with E-state index in [0.29, 0.717) is 36.0 Å². The maximum absolute atomic E-state index is 13.6. The van der Waals surface area contributed by atoms with Crippen molar-refractivity contribution in [1.29, 1.82) is 0 Å². The highest BCUT2D eigenvalue weighted by Crippen LogP contribution is 2.52. The lowest BCUT2D eigenvalue weighted by Gasteiger charge is -2.41. The summed E-state index contributed by atoms with van der Waals surface area (Å²) < 4.78 is 6.52. The Hall–Kier alpha value is -3.06. The zero-order chi connectivity index (χ0) is 25.6. The van der Waals surface area contributed by atoms with Crippen molar-refractivity contribution in [2.45, 2.75) is 64.0 Å². The molecule has 0 radical (unpaired) electrons. The van der Waals surface area contributed by atoms with Gasteiger partial charge in [-0.3, -0.25) is 14.4 Å². The highest BCUT2D eigenvalue weighted by molar-refractivity contribution is 6.31. The second kappa shape index (κ2) is 9.43. The van der Waals surface area contributed by atoms with E-state index in [1.54, 1.807) is 12.1 Å². The van der Waals surface area contributed by atoms with Crippen molar-refractivity contribution in [3.05, 3.63) is 58.1 Å². The number of piperidine rings is 2. The van der Waals surface area contributed by atoms with Crippen LogP contribution in [0.5, 0.6) is 5.75 Å². The summed E-state index contributed by atoms with van der Waals surface area (Å²) >= 11 is 6.21. The summed E-state index contributed by atoms with van der Waals surface area (Å²) in [5.74, 6) is 0.581. The number of aryl methyl sites for hydroxylation is 1. The number of amides is 3. The average Bonchev–Trinajstić information content (AvgIpc) is 3.12. The molecule has 0 unspecified atom stereocenters. The van der Waals surface area contributed by atoms with Gasteiger partial charge in [0, 0.05) is 54.5 Å². The molecule has 2 N–H and O–H groups in total. The van der Waals surface area contributed by atoms with Gasteiger partial charge in [0.2, 0.25) is 17.7 Å². The lowest BCUT2D eigenvalue weighted by Crippen LogP contribution is -2.52. The Morgan fingerprint density at radius 1 is 1.14 bits per heavy atom. The molecule has 2 atom stereocenters. The normalized spacial score (nSPS) is 24.0. The summed E-state index contributed by atoms with van der Waals surface area (Å²) in [5, 5.41) is 6.67. The quantitative estimate of drug-likeness (QED) is 0.634. The van der Waals surface area contributed by atoms with Crippen LogP contribution in [0.25, 0.3) is 0 Å². The average molecular weight is 510 g/mol. The van der Waals surface area contributed by atoms with E-state index in [9.17, 15) is 14.4 Å². The molecule has 3 heterocycles. The number of nitrogens with one attached hydrogen (secondary N) is 2. The standard InChI is InChI=1S/C28H32ClN3O4/c1-16(2)26(34)32-12-9-19(10-13-32)36-23-7-4-17(3)14-20(23)25-28(11-8-24(33)31-25)21-6-5-18(29)15-22(21)30-27(28)35/h4-7,14-16,19,25H,8-13H2,1-3H3,(H,30,35)(H,31,33)/t25-,28-/m1/s1. The fraction of sp³-hybridized carbons (Fsp3) is 0.464. The van der Waals surface area contributed by atoms with Crippen LogP contribution in [0, 0.1) is 12.8 Å². The Balaban J connectivity index is 1.48. The molecule has 190 valence electrons. The smallest absolute Gasteiger partial charge is 0.237 e. The Morgan fingerprint density at radius 2 is 1.89 bits per heavy atom. The van der Waals surface area contributed by atoms with Crippen LogP contribution in [0.4, 0.5) is 5.69 Å². The summed E-state index contributed by atoms with van der Waals surface area (Å²) in [5.41, 5.74) is 2.38. The number of carbonyl (C=O) groups excluding carboxylic acids is 3. The number of benzene rings is 2. The van der Waals surface area contributed by atoms with Crippen molar-refractivity contribution in [1.82, 2.24) is 10.2 Å². The third-order valence-electron chi connectivity index (χ3n) is 7.68. The van der Waals surface area contributed by atoms with E-state index in [0.717, 1.165) is 29.5 Å². The maximum Gasteiger partial charge on any atom is 0.237 e. The van der Waals surface area contributed by atoms with E-state index in [-0.39, 0.29) is 36.2 Å². The van der Waals surface area contributed by atoms with E-state index < -0.39 is 11.5 Å². The van der Waals surface area contributed by atoms with Crippen molar-refractivity contribution in [3.8, 4) is 5.75 Å². The SMILES string of the molecule is Cc1ccc(OC2CCN(C(=O)C(C)C)CC2)c([C@H]2NC(=O)CC[C@]23C(=O)Nc2cc(Cl)ccc23)c1. The van der Waals surface area contributed by atoms with Gasteiger partial charge in [-0.05, 0) is 37.1 Å². The Labute approximate surface area is 216 Å². The topological polar surface area (TPSA) is 87.7 Å². The van der Waals surface area contributed by atoms with E-state index in [2.05, 4.69) is 10.6 Å². The molecule has 3 aliphatic heterocycles. The lowest BCUT2D eigenvalue weighted by atomic mass is 9.67. The minimum absolute atomic E-state index is 0.0208. The molecule has 0 saturated carbocycles. The zero-order valence-electron chi connectivity index (χ0n) is 20.9. The van der Waals surface area contributed by atoms with Gasteiger partial charge in [-0.15, -0.1) is 0 Å². The van der Waals surface area contributed by atoms with Gasteiger partial charge < -0.3 is 20.3 Å². The van der Waals surface area contributed by atoms with Crippen LogP contribution in [0.15, 0.2) is 36.4 Å². The van der Waals surface area contributed by atoms with Crippen molar-refractivity contribution in [2.75, 3.05) is 18.4 Å². The second-order valence-electron chi connectivity index (χ2n) is 10.5. The van der Waals surface area contributed by atoms with Gasteiger partial charge in [-0.1, -0.05) is 49.2 Å². The molecule has 0 aromatic heterocycles. The zero-order valence-corrected chi connectivity index (χ0v) is 21.7. The van der Waals surface area contributed by atoms with Crippen LogP contribution in [-0.2, 0) is 19.8 Å². The molecule has 3 amide bonds. The predicted molar refractivity (Wildman–Crippen MR) is 138 cm³/mol. The first-order valence-electron chi connectivity index (χ1n) is 12.7. The number of nitrogens with zero attached hydrogens (tertiary/aromatic N) is 1. The minimum atomic E-state index is -0.952. The number of carbonyl (C=O) groups is 3. The van der Waals surface area contributed by atoms with Gasteiger partial charge in [0.1, 0.15) is 17.3 Å². The number of rotatable bonds is 4. The summed E-state index contributed by atoms with van der Waals surface area (Å²) in [6, 6.07) is 10.8. The number of halogens is 1. The van der Waals surface area contributed by atoms with Crippen molar-refractivity contribution in [3.63, 3.8) is 0 Å². The Bertz CT molecular complexity index is 1220. The molecule has 2 aromatic carbocycles. The van der Waals surface area contributed by atoms with E-state index in [1.165, 1.54) is 0 Å². The molecule has 8 heteroatoms. The van der Waals surface area contributed by atoms with Crippen molar-refractivity contribution in [2.24, 2.45) is 5.92 Å². The number of anilines is 1. The van der Waals surface area contributed by atoms with E-state index in [4.69, 9.17) is 16.3 Å². The minimum Gasteiger partial charge on any atom is -0.490 e. The first-order valence-corrected chi connectivity index (χ1v) is 13.0. The summed E-state index contributed by atoms with van der Waals surface area (Å²) in [6.45, 7) is 7.14. The number of hydrogen-bond donors (Lipinski definition) is 2. The number of likely N-dealkylation sites (tertiary alicyclic amines) is 1. The lowest BCUT2D eigenvalue weighted by molar-refractivity contribution is -0.136. The van der Waals surface area contributed by atoms with E-state index in [1.807, 2.05) is 49.9 Å². The molecule has 36 heavy (non-hydrogen) atoms. The van der Waals surface area contributed by atoms with Gasteiger partial charge in [0.05, 0.1) is 6.04 Å². The second-order valence-corrected chi connectivity index (χ2v) is 10.9. The molecule has 0 bridgehead atoms. The third kappa shape index (κ3) is 4.23. The highest BCUT2D eigenvalue weighted by Gasteiger charge is 2.56. The van der Waals surface area contributed by atoms with Crippen molar-refractivity contribution >= 4 is 35.0 Å². The summed E-state index contributed by atoms with van der Waals surface area (Å²) in [4.78, 5) is 40.5. The fourth-order valence-electron chi connectivity index (χ4n) is 5.79. The molecule has 0 aliphatic carbocycles. The number of fused-ring (bicyclic) bond motifs is 2. The molecule has 7 nitrogen and oxygen atoms in total. The maximum atomic E-state index is 13.6. The van der Waals surface area contributed by atoms with Gasteiger partial charge in [0.25, 0.3) is 0 Å². The molecular weight excluding hydrogens is 478 g/mol. The van der Waals surface area contributed by atoms with Gasteiger partial charge in [-0.2, -0.15) is 0 Å². The molecular formula is C28H32ClN3O4. The number of ether oxygens (including phenoxy) is 1. The van der Waals surface area contributed by atoms with Gasteiger partial charge >= 0.3 is 0 Å². The third-order valence-corrected chi connectivity index (χ3v) is 7.91. The van der Waals surface area contributed by atoms with Crippen molar-refractivity contribution < 1.29 is 19.1 Å². The van der Waals surface area contributed by atoms with Gasteiger partial charge in [-0.25, -0.2) is 0 Å². The molecule has 2 saturated heterocycles. The molecule has 2 aromatic rings. The summed E-state index contributed by atoms with van der Waals surface area (Å²) in [6.07, 6.45) is 2.07. The molecule has 5 rings (SSSR count). The molecule has 2 fully saturated rings. The van der Waals surface area contributed by atoms with Crippen LogP contribution < -0.4 is 15.4 Å².